The highest BCUT2D eigenvalue weighted by Crippen LogP contribution is 2.24. The molecule has 3 nitrogen and oxygen atoms in total. The molecule has 4 rings (SSSR count). The molecule has 2 aromatic rings. The smallest absolute Gasteiger partial charge is 0.105 e. The second-order valence-electron chi connectivity index (χ2n) is 5.19. The maximum Gasteiger partial charge on any atom is 0.105 e. The topological polar surface area (TPSA) is 38.0 Å². The predicted octanol–water partition coefficient (Wildman–Crippen LogP) is 4.28. The number of nitrogens with zero attached hydrogens (tertiary/aromatic N) is 2. The maximum absolute atomic E-state index is 9.90. The molecule has 118 valence electrons. The molecule has 1 atom stereocenters. The van der Waals surface area contributed by atoms with Crippen LogP contribution in [0, 0.1) is 14.0 Å². The summed E-state index contributed by atoms with van der Waals surface area (Å²) >= 11 is 3.76. The largest absolute Gasteiger partial charge is 0.382 e. The quantitative estimate of drug-likeness (QED) is 0.289. The van der Waals surface area contributed by atoms with Gasteiger partial charge in [0.05, 0.1) is 6.33 Å². The molecule has 5 heteroatoms. The normalized spacial score (nSPS) is 12.3. The zero-order valence-corrected chi connectivity index (χ0v) is 15.4. The van der Waals surface area contributed by atoms with Gasteiger partial charge < -0.3 is 9.67 Å². The third-order valence-electron chi connectivity index (χ3n) is 3.50. The molecule has 1 unspecified atom stereocenters. The van der Waals surface area contributed by atoms with Crippen LogP contribution in [-0.4, -0.2) is 20.1 Å². The number of aryl methyl sites for hydroxylation is 1. The highest BCUT2D eigenvalue weighted by atomic mass is 127. The second-order valence-corrected chi connectivity index (χ2v) is 7.69. The van der Waals surface area contributed by atoms with E-state index in [4.69, 9.17) is 0 Å². The average Bonchev–Trinajstić information content (AvgIpc) is 3.05. The van der Waals surface area contributed by atoms with E-state index in [0.29, 0.717) is 6.42 Å². The Bertz CT molecular complexity index is 784. The number of rotatable bonds is 5. The van der Waals surface area contributed by atoms with Gasteiger partial charge >= 0.3 is 0 Å². The average molecular weight is 436 g/mol. The van der Waals surface area contributed by atoms with Crippen molar-refractivity contribution in [3.63, 3.8) is 0 Å². The standard InChI is InChI=1S/C12H13IN2OS.C6H4/c13-10-1-3-11(4-2-10)17-12(16)5-7-15-8-6-14-9-15;1-2-6-4-3-5(1)6/h1-4,6,8-9,12,16H,5,7H2;1-4H. The molecule has 1 heterocycles. The number of aromatic nitrogens is 2. The lowest BCUT2D eigenvalue weighted by Crippen LogP contribution is -2.06. The number of imidazole rings is 1. The van der Waals surface area contributed by atoms with E-state index in [9.17, 15) is 5.11 Å². The van der Waals surface area contributed by atoms with E-state index in [-0.39, 0.29) is 5.44 Å². The number of benzene rings is 2. The maximum atomic E-state index is 9.90. The minimum Gasteiger partial charge on any atom is -0.382 e. The third kappa shape index (κ3) is 4.83. The van der Waals surface area contributed by atoms with Gasteiger partial charge in [0.2, 0.25) is 0 Å². The molecule has 1 N–H and O–H groups in total. The van der Waals surface area contributed by atoms with E-state index in [2.05, 4.69) is 51.8 Å². The Kier molecular flexibility index (Phi) is 5.75. The van der Waals surface area contributed by atoms with Crippen molar-refractivity contribution in [1.82, 2.24) is 9.55 Å². The zero-order valence-electron chi connectivity index (χ0n) is 12.5. The van der Waals surface area contributed by atoms with Gasteiger partial charge in [-0.1, -0.05) is 36.0 Å². The predicted molar refractivity (Wildman–Crippen MR) is 102 cm³/mol. The molecule has 0 bridgehead atoms. The molecule has 0 saturated heterocycles. The first-order valence-electron chi connectivity index (χ1n) is 7.37. The van der Waals surface area contributed by atoms with Crippen molar-refractivity contribution in [3.8, 4) is 0 Å². The summed E-state index contributed by atoms with van der Waals surface area (Å²) in [5, 5.41) is 12.7. The van der Waals surface area contributed by atoms with E-state index >= 15 is 0 Å². The fraction of sp³-hybridized carbons (Fsp3) is 0.167. The van der Waals surface area contributed by atoms with Crippen LogP contribution in [0.4, 0.5) is 0 Å². The van der Waals surface area contributed by atoms with E-state index in [1.807, 2.05) is 35.0 Å². The van der Waals surface area contributed by atoms with Crippen LogP contribution >= 0.6 is 34.4 Å². The highest BCUT2D eigenvalue weighted by Gasteiger charge is 2.06. The third-order valence-corrected chi connectivity index (χ3v) is 5.27. The number of hydrogen-bond acceptors (Lipinski definition) is 3. The molecule has 1 aromatic heterocycles. The molecule has 23 heavy (non-hydrogen) atoms. The summed E-state index contributed by atoms with van der Waals surface area (Å²) < 4.78 is 3.18. The Morgan fingerprint density at radius 2 is 1.70 bits per heavy atom. The van der Waals surface area contributed by atoms with Gasteiger partial charge in [-0.05, 0) is 57.3 Å². The first kappa shape index (κ1) is 16.5. The highest BCUT2D eigenvalue weighted by molar-refractivity contribution is 14.1. The lowest BCUT2D eigenvalue weighted by atomic mass is 10.1. The summed E-state index contributed by atoms with van der Waals surface area (Å²) in [6, 6.07) is 16.6. The van der Waals surface area contributed by atoms with Crippen LogP contribution in [0.3, 0.4) is 0 Å². The van der Waals surface area contributed by atoms with Gasteiger partial charge in [0.1, 0.15) is 5.44 Å². The summed E-state index contributed by atoms with van der Waals surface area (Å²) in [5.74, 6) is 0. The molecular formula is C18H17IN2OS. The van der Waals surface area contributed by atoms with Crippen molar-refractivity contribution in [2.75, 3.05) is 0 Å². The van der Waals surface area contributed by atoms with E-state index < -0.39 is 0 Å². The van der Waals surface area contributed by atoms with Crippen LogP contribution in [0.5, 0.6) is 0 Å². The molecule has 2 aliphatic rings. The van der Waals surface area contributed by atoms with Gasteiger partial charge in [-0.2, -0.15) is 0 Å². The molecule has 0 spiro atoms. The van der Waals surface area contributed by atoms with Crippen molar-refractivity contribution in [2.45, 2.75) is 23.3 Å². The lowest BCUT2D eigenvalue weighted by molar-refractivity contribution is 0.245. The molecule has 2 aliphatic carbocycles. The van der Waals surface area contributed by atoms with Crippen LogP contribution in [0.25, 0.3) is 0 Å². The Labute approximate surface area is 153 Å². The van der Waals surface area contributed by atoms with Gasteiger partial charge in [0.25, 0.3) is 0 Å². The van der Waals surface area contributed by atoms with Gasteiger partial charge in [-0.25, -0.2) is 4.98 Å². The second kappa shape index (κ2) is 7.99. The van der Waals surface area contributed by atoms with E-state index in [0.717, 1.165) is 11.4 Å². The molecule has 0 aliphatic heterocycles. The van der Waals surface area contributed by atoms with Crippen molar-refractivity contribution in [3.05, 3.63) is 81.3 Å². The molecular weight excluding hydrogens is 419 g/mol. The minimum atomic E-state index is -0.377. The summed E-state index contributed by atoms with van der Waals surface area (Å²) in [6.45, 7) is 0.790. The first-order valence-corrected chi connectivity index (χ1v) is 9.33. The molecule has 0 radical (unpaired) electrons. The van der Waals surface area contributed by atoms with E-state index in [1.54, 1.807) is 12.5 Å². The van der Waals surface area contributed by atoms with Crippen LogP contribution in [-0.2, 0) is 6.54 Å². The SMILES string of the molecule is OC(CCn1ccnc1)Sc1ccc(I)cc1.c1cc2ccc1=2. The van der Waals surface area contributed by atoms with Gasteiger partial charge in [0.15, 0.2) is 0 Å². The number of thioether (sulfide) groups is 1. The van der Waals surface area contributed by atoms with Gasteiger partial charge in [-0.15, -0.1) is 0 Å². The first-order chi connectivity index (χ1) is 11.2. The number of aliphatic hydroxyl groups excluding tert-OH is 1. The molecule has 1 aromatic carbocycles. The Balaban J connectivity index is 0.000000213. The fourth-order valence-electron chi connectivity index (χ4n) is 2.07. The number of hydrogen-bond donors (Lipinski definition) is 1. The van der Waals surface area contributed by atoms with Gasteiger partial charge in [-0.3, -0.25) is 0 Å². The Morgan fingerprint density at radius 3 is 2.17 bits per heavy atom. The van der Waals surface area contributed by atoms with E-state index in [1.165, 1.54) is 25.8 Å². The summed E-state index contributed by atoms with van der Waals surface area (Å²) in [7, 11) is 0. The minimum absolute atomic E-state index is 0.377. The van der Waals surface area contributed by atoms with Crippen LogP contribution < -0.4 is 0 Å². The molecule has 0 amide bonds. The van der Waals surface area contributed by atoms with Crippen molar-refractivity contribution >= 4 is 34.4 Å². The molecule has 0 saturated carbocycles. The summed E-state index contributed by atoms with van der Waals surface area (Å²) in [5.41, 5.74) is -0.377. The number of halogens is 1. The Morgan fingerprint density at radius 1 is 1.04 bits per heavy atom. The van der Waals surface area contributed by atoms with Crippen LogP contribution in [0.15, 0.2) is 72.1 Å². The number of aliphatic hydroxyl groups is 1. The monoisotopic (exact) mass is 436 g/mol. The van der Waals surface area contributed by atoms with Crippen molar-refractivity contribution in [2.24, 2.45) is 0 Å². The summed E-state index contributed by atoms with van der Waals surface area (Å²) in [6.07, 6.45) is 6.14. The summed E-state index contributed by atoms with van der Waals surface area (Å²) in [4.78, 5) is 5.07. The van der Waals surface area contributed by atoms with Crippen LogP contribution in [0.2, 0.25) is 0 Å². The Hall–Kier alpha value is -1.31. The van der Waals surface area contributed by atoms with Crippen molar-refractivity contribution < 1.29 is 5.11 Å². The molecule has 0 fully saturated rings. The van der Waals surface area contributed by atoms with Crippen molar-refractivity contribution in [1.29, 1.82) is 0 Å². The lowest BCUT2D eigenvalue weighted by Gasteiger charge is -2.10. The van der Waals surface area contributed by atoms with Crippen LogP contribution in [0.1, 0.15) is 6.42 Å². The van der Waals surface area contributed by atoms with Gasteiger partial charge in [0, 0.05) is 33.8 Å². The zero-order chi connectivity index (χ0) is 16.1. The fourth-order valence-corrected chi connectivity index (χ4v) is 3.26.